The molecule has 1 aliphatic rings. The van der Waals surface area contributed by atoms with E-state index in [4.69, 9.17) is 5.10 Å². The second-order valence-electron chi connectivity index (χ2n) is 7.65. The lowest BCUT2D eigenvalue weighted by atomic mass is 9.98. The van der Waals surface area contributed by atoms with Gasteiger partial charge in [-0.05, 0) is 17.7 Å². The number of para-hydroxylation sites is 2. The topological polar surface area (TPSA) is 137 Å². The lowest BCUT2D eigenvalue weighted by molar-refractivity contribution is -0.384. The van der Waals surface area contributed by atoms with Crippen molar-refractivity contribution in [3.63, 3.8) is 0 Å². The molecule has 35 heavy (non-hydrogen) atoms. The summed E-state index contributed by atoms with van der Waals surface area (Å²) in [5.74, 6) is 0.397. The molecule has 0 spiro atoms. The zero-order valence-electron chi connectivity index (χ0n) is 18.1. The molecule has 2 heterocycles. The van der Waals surface area contributed by atoms with Crippen molar-refractivity contribution in [2.24, 2.45) is 15.3 Å². The van der Waals surface area contributed by atoms with Crippen LogP contribution in [0.2, 0.25) is 0 Å². The zero-order valence-corrected chi connectivity index (χ0v) is 18.9. The van der Waals surface area contributed by atoms with Gasteiger partial charge >= 0.3 is 4.87 Å². The van der Waals surface area contributed by atoms with Crippen LogP contribution in [-0.4, -0.2) is 20.7 Å². The van der Waals surface area contributed by atoms with Gasteiger partial charge in [0.1, 0.15) is 5.75 Å². The maximum absolute atomic E-state index is 12.3. The summed E-state index contributed by atoms with van der Waals surface area (Å²) in [6.45, 7) is 0. The first kappa shape index (κ1) is 22.2. The number of aromatic nitrogens is 1. The van der Waals surface area contributed by atoms with Gasteiger partial charge in [0.15, 0.2) is 16.5 Å². The van der Waals surface area contributed by atoms with Gasteiger partial charge in [0, 0.05) is 18.1 Å². The van der Waals surface area contributed by atoms with Crippen molar-refractivity contribution in [2.75, 3.05) is 5.01 Å². The lowest BCUT2D eigenvalue weighted by Gasteiger charge is -2.23. The molecule has 10 nitrogen and oxygen atoms in total. The Kier molecular flexibility index (Phi) is 5.90. The number of aromatic hydroxyl groups is 1. The fourth-order valence-electron chi connectivity index (χ4n) is 3.87. The van der Waals surface area contributed by atoms with E-state index in [1.807, 2.05) is 36.4 Å². The summed E-state index contributed by atoms with van der Waals surface area (Å²) < 4.78 is 0. The molecule has 174 valence electrons. The van der Waals surface area contributed by atoms with E-state index in [0.717, 1.165) is 22.6 Å². The number of H-pyrrole nitrogens is 1. The third-order valence-electron chi connectivity index (χ3n) is 5.48. The molecule has 1 aromatic heterocycles. The molecule has 0 fully saturated rings. The van der Waals surface area contributed by atoms with Gasteiger partial charge in [0.25, 0.3) is 5.69 Å². The van der Waals surface area contributed by atoms with Gasteiger partial charge in [-0.2, -0.15) is 5.10 Å². The normalized spacial score (nSPS) is 15.5. The minimum Gasteiger partial charge on any atom is -0.508 e. The number of phenolic OH excluding ortho intramolecular Hbond substituents is 1. The van der Waals surface area contributed by atoms with Crippen LogP contribution in [0.4, 0.5) is 22.2 Å². The van der Waals surface area contributed by atoms with Gasteiger partial charge in [0.2, 0.25) is 0 Å². The molecule has 0 amide bonds. The molecule has 1 atom stereocenters. The van der Waals surface area contributed by atoms with E-state index in [1.165, 1.54) is 18.2 Å². The summed E-state index contributed by atoms with van der Waals surface area (Å²) in [7, 11) is 0. The van der Waals surface area contributed by atoms with E-state index < -0.39 is 11.0 Å². The number of nitro benzene ring substituents is 1. The summed E-state index contributed by atoms with van der Waals surface area (Å²) in [6, 6.07) is 22.1. The predicted molar refractivity (Wildman–Crippen MR) is 133 cm³/mol. The Labute approximate surface area is 202 Å². The summed E-state index contributed by atoms with van der Waals surface area (Å²) in [6.07, 6.45) is 0.472. The summed E-state index contributed by atoms with van der Waals surface area (Å²) in [5, 5.41) is 36.7. The number of benzene rings is 3. The molecule has 3 aromatic carbocycles. The Morgan fingerprint density at radius 1 is 1.03 bits per heavy atom. The first-order valence-corrected chi connectivity index (χ1v) is 11.4. The zero-order chi connectivity index (χ0) is 24.4. The van der Waals surface area contributed by atoms with Crippen LogP contribution in [0, 0.1) is 10.1 Å². The van der Waals surface area contributed by atoms with Crippen LogP contribution < -0.4 is 9.88 Å². The number of nitrogens with one attached hydrogen (secondary N) is 1. The summed E-state index contributed by atoms with van der Waals surface area (Å²) >= 11 is 0.818. The third-order valence-corrected chi connectivity index (χ3v) is 6.24. The van der Waals surface area contributed by atoms with Crippen molar-refractivity contribution >= 4 is 39.2 Å². The molecular weight excluding hydrogens is 468 g/mol. The van der Waals surface area contributed by atoms with E-state index in [2.05, 4.69) is 15.2 Å². The number of anilines is 1. The monoisotopic (exact) mass is 486 g/mol. The number of hydrogen-bond acceptors (Lipinski definition) is 9. The number of azo groups is 1. The number of nitrogens with zero attached hydrogens (tertiary/aromatic N) is 5. The van der Waals surface area contributed by atoms with Gasteiger partial charge in [-0.25, -0.2) is 5.01 Å². The molecule has 0 unspecified atom stereocenters. The van der Waals surface area contributed by atoms with Gasteiger partial charge in [-0.3, -0.25) is 19.9 Å². The van der Waals surface area contributed by atoms with E-state index in [9.17, 15) is 20.0 Å². The summed E-state index contributed by atoms with van der Waals surface area (Å²) in [4.78, 5) is 25.5. The van der Waals surface area contributed by atoms with Gasteiger partial charge in [-0.1, -0.05) is 72.0 Å². The van der Waals surface area contributed by atoms with Gasteiger partial charge in [0.05, 0.1) is 16.7 Å². The molecule has 5 rings (SSSR count). The maximum Gasteiger partial charge on any atom is 0.308 e. The van der Waals surface area contributed by atoms with Crippen molar-refractivity contribution in [1.82, 2.24) is 4.98 Å². The molecule has 2 N–H and O–H groups in total. The fraction of sp³-hybridized carbons (Fsp3) is 0.0833. The third kappa shape index (κ3) is 4.44. The van der Waals surface area contributed by atoms with Crippen molar-refractivity contribution in [1.29, 1.82) is 0 Å². The standard InChI is InChI=1S/C24H18N6O4S/c31-21-13-7-4-10-16(21)20-14-18(15-8-2-1-3-9-15)28-29(20)22-23(35-24(32)25-22)27-26-17-11-5-6-12-19(17)30(33)34/h1-13,20,31H,14H2,(H,25,32)/t20-/m1/s1. The molecule has 0 aliphatic carbocycles. The number of hydrazone groups is 1. The number of phenols is 1. The minimum atomic E-state index is -0.542. The second-order valence-corrected chi connectivity index (χ2v) is 8.61. The van der Waals surface area contributed by atoms with Crippen molar-refractivity contribution < 1.29 is 10.0 Å². The van der Waals surface area contributed by atoms with Crippen molar-refractivity contribution in [3.8, 4) is 5.75 Å². The molecule has 0 saturated carbocycles. The number of aromatic amines is 1. The van der Waals surface area contributed by atoms with Crippen molar-refractivity contribution in [3.05, 3.63) is 110 Å². The minimum absolute atomic E-state index is 0.0662. The first-order chi connectivity index (χ1) is 17.0. The number of thiazole rings is 1. The van der Waals surface area contributed by atoms with E-state index >= 15 is 0 Å². The molecule has 0 bridgehead atoms. The lowest BCUT2D eigenvalue weighted by Crippen LogP contribution is -2.19. The largest absolute Gasteiger partial charge is 0.508 e. The SMILES string of the molecule is O=c1[nH]c(N2N=C(c3ccccc3)C[C@@H]2c2ccccc2O)c(N=Nc2ccccc2[N+](=O)[O-])s1. The van der Waals surface area contributed by atoms with Crippen LogP contribution in [0.5, 0.6) is 5.75 Å². The summed E-state index contributed by atoms with van der Waals surface area (Å²) in [5.41, 5.74) is 2.19. The van der Waals surface area contributed by atoms with Crippen LogP contribution in [0.1, 0.15) is 23.6 Å². The van der Waals surface area contributed by atoms with Crippen LogP contribution >= 0.6 is 11.3 Å². The highest BCUT2D eigenvalue weighted by atomic mass is 32.1. The van der Waals surface area contributed by atoms with E-state index in [-0.39, 0.29) is 27.0 Å². The van der Waals surface area contributed by atoms with Crippen LogP contribution in [0.3, 0.4) is 0 Å². The van der Waals surface area contributed by atoms with Crippen LogP contribution in [0.25, 0.3) is 0 Å². The molecule has 4 aromatic rings. The average molecular weight is 487 g/mol. The van der Waals surface area contributed by atoms with E-state index in [1.54, 1.807) is 29.3 Å². The highest BCUT2D eigenvalue weighted by Gasteiger charge is 2.34. The number of nitro groups is 1. The van der Waals surface area contributed by atoms with Gasteiger partial charge in [-0.15, -0.1) is 10.2 Å². The molecular formula is C24H18N6O4S. The number of rotatable bonds is 6. The highest BCUT2D eigenvalue weighted by Crippen LogP contribution is 2.43. The second kappa shape index (κ2) is 9.31. The molecule has 0 saturated heterocycles. The highest BCUT2D eigenvalue weighted by molar-refractivity contribution is 7.13. The number of hydrogen-bond donors (Lipinski definition) is 2. The Hall–Kier alpha value is -4.64. The Balaban J connectivity index is 1.59. The van der Waals surface area contributed by atoms with Gasteiger partial charge < -0.3 is 5.11 Å². The average Bonchev–Trinajstić information content (AvgIpc) is 3.47. The van der Waals surface area contributed by atoms with Crippen molar-refractivity contribution in [2.45, 2.75) is 12.5 Å². The Morgan fingerprint density at radius 3 is 2.51 bits per heavy atom. The smallest absolute Gasteiger partial charge is 0.308 e. The molecule has 1 aliphatic heterocycles. The Bertz CT molecular complexity index is 1510. The molecule has 0 radical (unpaired) electrons. The fourth-order valence-corrected chi connectivity index (χ4v) is 4.52. The quantitative estimate of drug-likeness (QED) is 0.201. The predicted octanol–water partition coefficient (Wildman–Crippen LogP) is 5.82. The van der Waals surface area contributed by atoms with Crippen LogP contribution in [-0.2, 0) is 0 Å². The maximum atomic E-state index is 12.3. The van der Waals surface area contributed by atoms with Crippen LogP contribution in [0.15, 0.2) is 99.0 Å². The first-order valence-electron chi connectivity index (χ1n) is 10.6. The van der Waals surface area contributed by atoms with E-state index in [0.29, 0.717) is 17.8 Å². The Morgan fingerprint density at radius 2 is 1.74 bits per heavy atom. The molecule has 11 heteroatoms.